The molecule has 184 valence electrons. The summed E-state index contributed by atoms with van der Waals surface area (Å²) in [4.78, 5) is 41.8. The predicted octanol–water partition coefficient (Wildman–Crippen LogP) is 0.982. The van der Waals surface area contributed by atoms with Gasteiger partial charge in [-0.3, -0.25) is 20.2 Å². The molecule has 0 radical (unpaired) electrons. The van der Waals surface area contributed by atoms with Crippen LogP contribution in [0.5, 0.6) is 0 Å². The van der Waals surface area contributed by atoms with E-state index >= 15 is 4.39 Å². The van der Waals surface area contributed by atoms with Crippen molar-refractivity contribution in [1.82, 2.24) is 30.9 Å². The number of barbiturate groups is 1. The summed E-state index contributed by atoms with van der Waals surface area (Å²) in [5.74, 6) is -2.04. The average Bonchev–Trinajstić information content (AvgIpc) is 3.43. The maximum atomic E-state index is 16.1. The van der Waals surface area contributed by atoms with Crippen LogP contribution in [0.2, 0.25) is 0 Å². The molecule has 3 atom stereocenters. The first-order chi connectivity index (χ1) is 17.2. The van der Waals surface area contributed by atoms with Crippen molar-refractivity contribution in [1.29, 1.82) is 5.26 Å². The number of piperazine rings is 1. The van der Waals surface area contributed by atoms with Gasteiger partial charge in [0.05, 0.1) is 29.2 Å². The van der Waals surface area contributed by atoms with E-state index in [1.807, 2.05) is 0 Å². The lowest BCUT2D eigenvalue weighted by molar-refractivity contribution is -0.148. The summed E-state index contributed by atoms with van der Waals surface area (Å²) >= 11 is 0. The molecule has 5 heterocycles. The number of nitrogens with one attached hydrogen (secondary N) is 2. The van der Waals surface area contributed by atoms with Crippen molar-refractivity contribution in [3.05, 3.63) is 23.3 Å². The summed E-state index contributed by atoms with van der Waals surface area (Å²) in [5, 5.41) is 26.0. The van der Waals surface area contributed by atoms with Crippen LogP contribution in [0.1, 0.15) is 25.3 Å². The van der Waals surface area contributed by atoms with E-state index < -0.39 is 41.2 Å². The minimum absolute atomic E-state index is 0.0256. The third-order valence-corrected chi connectivity index (χ3v) is 7.30. The summed E-state index contributed by atoms with van der Waals surface area (Å²) in [6.45, 7) is 5.22. The first-order valence-corrected chi connectivity index (χ1v) is 11.2. The zero-order valence-corrected chi connectivity index (χ0v) is 19.3. The lowest BCUT2D eigenvalue weighted by Crippen LogP contribution is -2.77. The second-order valence-corrected chi connectivity index (χ2v) is 9.31. The fourth-order valence-electron chi connectivity index (χ4n) is 5.87. The molecule has 14 heteroatoms. The molecule has 3 aliphatic rings. The lowest BCUT2D eigenvalue weighted by atomic mass is 9.65. The second kappa shape index (κ2) is 7.23. The molecule has 2 aromatic heterocycles. The Morgan fingerprint density at radius 1 is 1.22 bits per heavy atom. The number of nitriles is 1. The number of rotatable bonds is 1. The van der Waals surface area contributed by atoms with Crippen molar-refractivity contribution in [3.63, 3.8) is 0 Å². The fraction of sp³-hybridized carbons (Fsp3) is 0.409. The van der Waals surface area contributed by atoms with Gasteiger partial charge in [0, 0.05) is 19.9 Å². The second-order valence-electron chi connectivity index (χ2n) is 9.31. The number of aryl methyl sites for hydroxylation is 1. The van der Waals surface area contributed by atoms with Crippen LogP contribution < -0.4 is 15.5 Å². The highest BCUT2D eigenvalue weighted by atomic mass is 19.1. The first kappa shape index (κ1) is 22.0. The van der Waals surface area contributed by atoms with E-state index in [-0.39, 0.29) is 53.1 Å². The minimum Gasteiger partial charge on any atom is -0.419 e. The molecule has 2 fully saturated rings. The van der Waals surface area contributed by atoms with Gasteiger partial charge in [-0.2, -0.15) is 5.26 Å². The van der Waals surface area contributed by atoms with E-state index in [0.29, 0.717) is 5.56 Å². The number of carbonyl (C=O) groups excluding carboxylic acids is 3. The normalized spacial score (nSPS) is 24.9. The molecule has 13 nitrogen and oxygen atoms in total. The monoisotopic (exact) mass is 494 g/mol. The van der Waals surface area contributed by atoms with Crippen molar-refractivity contribution in [2.24, 2.45) is 5.41 Å². The number of aromatic nitrogens is 3. The van der Waals surface area contributed by atoms with Gasteiger partial charge in [0.1, 0.15) is 0 Å². The number of amides is 4. The van der Waals surface area contributed by atoms with Crippen LogP contribution in [0.4, 0.5) is 14.9 Å². The Morgan fingerprint density at radius 3 is 2.58 bits per heavy atom. The maximum absolute atomic E-state index is 16.1. The molecule has 0 unspecified atom stereocenters. The van der Waals surface area contributed by atoms with Crippen LogP contribution >= 0.6 is 0 Å². The Kier molecular flexibility index (Phi) is 4.41. The van der Waals surface area contributed by atoms with E-state index in [0.717, 1.165) is 0 Å². The summed E-state index contributed by atoms with van der Waals surface area (Å²) < 4.78 is 26.9. The van der Waals surface area contributed by atoms with Gasteiger partial charge in [0.15, 0.2) is 23.1 Å². The Hall–Kier alpha value is -4.54. The number of urea groups is 1. The first-order valence-electron chi connectivity index (χ1n) is 11.2. The number of carbonyl (C=O) groups is 3. The number of imide groups is 2. The van der Waals surface area contributed by atoms with Gasteiger partial charge in [-0.1, -0.05) is 5.16 Å². The molecule has 1 aromatic carbocycles. The summed E-state index contributed by atoms with van der Waals surface area (Å²) in [7, 11) is 0. The van der Waals surface area contributed by atoms with Crippen molar-refractivity contribution >= 4 is 34.5 Å². The smallest absolute Gasteiger partial charge is 0.328 e. The quantitative estimate of drug-likeness (QED) is 0.365. The molecule has 3 aromatic rings. The van der Waals surface area contributed by atoms with Gasteiger partial charge in [-0.25, -0.2) is 9.18 Å². The van der Waals surface area contributed by atoms with Crippen LogP contribution in [0.15, 0.2) is 15.0 Å². The van der Waals surface area contributed by atoms with E-state index in [4.69, 9.17) is 8.94 Å². The summed E-state index contributed by atoms with van der Waals surface area (Å²) in [5.41, 5.74) is -1.36. The third-order valence-electron chi connectivity index (χ3n) is 7.30. The molecule has 0 aliphatic carbocycles. The third kappa shape index (κ3) is 2.67. The molecular formula is C22H19FN8O5. The molecule has 0 saturated carbocycles. The maximum Gasteiger partial charge on any atom is 0.328 e. The fourth-order valence-corrected chi connectivity index (χ4v) is 5.87. The molecule has 0 bridgehead atoms. The Balaban J connectivity index is 1.61. The zero-order chi connectivity index (χ0) is 25.5. The number of hydrogen-bond donors (Lipinski definition) is 2. The molecule has 4 amide bonds. The van der Waals surface area contributed by atoms with E-state index in [1.54, 1.807) is 31.7 Å². The number of fused-ring (bicyclic) bond motifs is 5. The summed E-state index contributed by atoms with van der Waals surface area (Å²) in [6.07, 6.45) is 1.89. The van der Waals surface area contributed by atoms with Gasteiger partial charge in [0.2, 0.25) is 23.3 Å². The van der Waals surface area contributed by atoms with Crippen LogP contribution in [0.25, 0.3) is 22.6 Å². The van der Waals surface area contributed by atoms with Crippen molar-refractivity contribution in [2.75, 3.05) is 11.4 Å². The molecular weight excluding hydrogens is 475 g/mol. The van der Waals surface area contributed by atoms with E-state index in [9.17, 15) is 19.6 Å². The number of anilines is 1. The van der Waals surface area contributed by atoms with Crippen LogP contribution in [-0.2, 0) is 16.0 Å². The predicted molar refractivity (Wildman–Crippen MR) is 117 cm³/mol. The zero-order valence-electron chi connectivity index (χ0n) is 19.3. The van der Waals surface area contributed by atoms with Crippen LogP contribution in [-0.4, -0.2) is 62.8 Å². The Labute approximate surface area is 202 Å². The summed E-state index contributed by atoms with van der Waals surface area (Å²) in [6, 6.07) is -1.33. The molecule has 1 spiro atoms. The van der Waals surface area contributed by atoms with Crippen LogP contribution in [0.3, 0.4) is 0 Å². The lowest BCUT2D eigenvalue weighted by Gasteiger charge is -2.57. The van der Waals surface area contributed by atoms with E-state index in [2.05, 4.69) is 32.2 Å². The topological polar surface area (TPSA) is 170 Å². The van der Waals surface area contributed by atoms with Crippen molar-refractivity contribution < 1.29 is 27.7 Å². The van der Waals surface area contributed by atoms with Crippen LogP contribution in [0, 0.1) is 29.6 Å². The number of hydrogen-bond acceptors (Lipinski definition) is 11. The number of nitrogens with zero attached hydrogens (tertiary/aromatic N) is 6. The molecule has 36 heavy (non-hydrogen) atoms. The molecule has 2 N–H and O–H groups in total. The van der Waals surface area contributed by atoms with Gasteiger partial charge in [-0.05, 0) is 25.5 Å². The van der Waals surface area contributed by atoms with Crippen molar-refractivity contribution in [2.45, 2.75) is 45.3 Å². The van der Waals surface area contributed by atoms with Gasteiger partial charge in [0.25, 0.3) is 5.89 Å². The highest BCUT2D eigenvalue weighted by Crippen LogP contribution is 2.50. The Morgan fingerprint density at radius 2 is 1.94 bits per heavy atom. The SMILES string of the molecule is Cc1nnc(-c2noc3c(F)c4c(cc23)CC2(C(=O)NC(=O)NC2=O)[C@H]2[C@H](C)N(C#N)[C@H](C)CN42)o1. The largest absolute Gasteiger partial charge is 0.419 e. The molecule has 3 aliphatic heterocycles. The standard InChI is InChI=1S/C22H19FN8O5/c1-8-6-30-15-11(4-12-14(18-28-27-10(3)35-18)29-36-16(12)13(15)23)5-22(17(30)9(2)31(8)7-24)19(32)25-21(34)26-20(22)33/h4,8-9,17H,5-6H2,1-3H3,(H2,25,26,32,33,34)/t8-,9+,17-/m1/s1. The van der Waals surface area contributed by atoms with Gasteiger partial charge >= 0.3 is 6.03 Å². The van der Waals surface area contributed by atoms with E-state index in [1.165, 1.54) is 4.90 Å². The van der Waals surface area contributed by atoms with Crippen molar-refractivity contribution in [3.8, 4) is 17.8 Å². The highest BCUT2D eigenvalue weighted by Gasteiger charge is 2.64. The highest BCUT2D eigenvalue weighted by molar-refractivity contribution is 6.20. The number of halogens is 1. The molecule has 6 rings (SSSR count). The number of benzene rings is 1. The van der Waals surface area contributed by atoms with Gasteiger partial charge in [-0.15, -0.1) is 10.2 Å². The van der Waals surface area contributed by atoms with Gasteiger partial charge < -0.3 is 18.7 Å². The molecule has 2 saturated heterocycles. The minimum atomic E-state index is -1.81. The average molecular weight is 494 g/mol. The Bertz CT molecular complexity index is 1500.